The Bertz CT molecular complexity index is 689. The van der Waals surface area contributed by atoms with Gasteiger partial charge in [-0.25, -0.2) is 9.18 Å². The normalized spacial score (nSPS) is 27.1. The summed E-state index contributed by atoms with van der Waals surface area (Å²) >= 11 is 0. The first-order chi connectivity index (χ1) is 12.2. The third kappa shape index (κ3) is 4.08. The maximum atomic E-state index is 13.7. The van der Waals surface area contributed by atoms with Gasteiger partial charge in [0.15, 0.2) is 0 Å². The van der Waals surface area contributed by atoms with Crippen LogP contribution in [0.4, 0.5) is 14.9 Å². The van der Waals surface area contributed by atoms with Gasteiger partial charge in [0.25, 0.3) is 0 Å². The van der Waals surface area contributed by atoms with Crippen molar-refractivity contribution in [1.82, 2.24) is 10.7 Å². The van der Waals surface area contributed by atoms with Crippen LogP contribution in [0, 0.1) is 23.6 Å². The van der Waals surface area contributed by atoms with E-state index in [1.54, 1.807) is 39.0 Å². The summed E-state index contributed by atoms with van der Waals surface area (Å²) in [4.78, 5) is 24.9. The molecule has 2 bridgehead atoms. The average Bonchev–Trinajstić information content (AvgIpc) is 3.13. The van der Waals surface area contributed by atoms with Crippen molar-refractivity contribution < 1.29 is 18.7 Å². The van der Waals surface area contributed by atoms with E-state index in [2.05, 4.69) is 16.2 Å². The maximum Gasteiger partial charge on any atom is 0.407 e. The van der Waals surface area contributed by atoms with E-state index in [1.807, 2.05) is 0 Å². The number of hydrogen-bond donors (Lipinski definition) is 3. The molecule has 1 aromatic rings. The summed E-state index contributed by atoms with van der Waals surface area (Å²) in [5, 5.41) is 2.88. The zero-order valence-corrected chi connectivity index (χ0v) is 15.3. The van der Waals surface area contributed by atoms with E-state index in [9.17, 15) is 14.0 Å². The smallest absolute Gasteiger partial charge is 0.407 e. The van der Waals surface area contributed by atoms with Crippen molar-refractivity contribution in [3.8, 4) is 0 Å². The first kappa shape index (κ1) is 18.5. The lowest BCUT2D eigenvalue weighted by atomic mass is 9.84. The number of halogens is 1. The summed E-state index contributed by atoms with van der Waals surface area (Å²) in [6, 6.07) is 5.87. The van der Waals surface area contributed by atoms with E-state index < -0.39 is 17.5 Å². The third-order valence-corrected chi connectivity index (χ3v) is 5.10. The number of hydrogen-bond acceptors (Lipinski definition) is 4. The maximum absolute atomic E-state index is 13.7. The van der Waals surface area contributed by atoms with E-state index in [-0.39, 0.29) is 35.4 Å². The van der Waals surface area contributed by atoms with Gasteiger partial charge in [0.2, 0.25) is 5.91 Å². The van der Waals surface area contributed by atoms with Crippen molar-refractivity contribution in [2.45, 2.75) is 51.7 Å². The van der Waals surface area contributed by atoms with Gasteiger partial charge in [0.1, 0.15) is 11.4 Å². The summed E-state index contributed by atoms with van der Waals surface area (Å²) in [6.45, 7) is 5.40. The molecule has 0 saturated heterocycles. The molecule has 3 N–H and O–H groups in total. The Morgan fingerprint density at radius 1 is 1.15 bits per heavy atom. The second-order valence-corrected chi connectivity index (χ2v) is 8.13. The summed E-state index contributed by atoms with van der Waals surface area (Å²) < 4.78 is 19.0. The zero-order valence-electron chi connectivity index (χ0n) is 15.3. The molecule has 2 fully saturated rings. The number of hydrazine groups is 1. The molecular formula is C19H26FN3O3. The number of carbonyl (C=O) groups excluding carboxylic acids is 2. The zero-order chi connectivity index (χ0) is 18.9. The van der Waals surface area contributed by atoms with Crippen LogP contribution in [0.1, 0.15) is 40.0 Å². The molecule has 0 unspecified atom stereocenters. The molecule has 7 heteroatoms. The van der Waals surface area contributed by atoms with Crippen LogP contribution in [-0.2, 0) is 9.53 Å². The molecule has 26 heavy (non-hydrogen) atoms. The van der Waals surface area contributed by atoms with Crippen molar-refractivity contribution in [3.05, 3.63) is 30.1 Å². The van der Waals surface area contributed by atoms with Gasteiger partial charge in [-0.3, -0.25) is 15.6 Å². The molecular weight excluding hydrogens is 337 g/mol. The first-order valence-electron chi connectivity index (χ1n) is 9.04. The molecule has 4 atom stereocenters. The fourth-order valence-corrected chi connectivity index (χ4v) is 4.09. The molecule has 0 aliphatic heterocycles. The molecule has 0 heterocycles. The van der Waals surface area contributed by atoms with Crippen molar-refractivity contribution in [1.29, 1.82) is 0 Å². The first-order valence-corrected chi connectivity index (χ1v) is 9.04. The number of carbonyl (C=O) groups is 2. The lowest BCUT2D eigenvalue weighted by Crippen LogP contribution is -2.51. The molecule has 6 nitrogen and oxygen atoms in total. The number of benzene rings is 1. The Hall–Kier alpha value is -2.31. The van der Waals surface area contributed by atoms with Gasteiger partial charge in [0, 0.05) is 6.04 Å². The minimum atomic E-state index is -0.591. The number of alkyl carbamates (subject to hydrolysis) is 1. The van der Waals surface area contributed by atoms with Gasteiger partial charge in [0.05, 0.1) is 11.6 Å². The van der Waals surface area contributed by atoms with E-state index >= 15 is 0 Å². The second kappa shape index (κ2) is 7.13. The molecule has 2 saturated carbocycles. The van der Waals surface area contributed by atoms with Crippen molar-refractivity contribution in [3.63, 3.8) is 0 Å². The molecule has 2 aliphatic carbocycles. The third-order valence-electron chi connectivity index (χ3n) is 5.10. The molecule has 0 radical (unpaired) electrons. The predicted molar refractivity (Wildman–Crippen MR) is 95.6 cm³/mol. The fourth-order valence-electron chi connectivity index (χ4n) is 4.09. The topological polar surface area (TPSA) is 79.5 Å². The van der Waals surface area contributed by atoms with Gasteiger partial charge < -0.3 is 10.1 Å². The van der Waals surface area contributed by atoms with Crippen LogP contribution >= 0.6 is 0 Å². The molecule has 1 aromatic carbocycles. The highest BCUT2D eigenvalue weighted by molar-refractivity contribution is 5.82. The summed E-state index contributed by atoms with van der Waals surface area (Å²) in [7, 11) is 0. The minimum absolute atomic E-state index is 0.209. The monoisotopic (exact) mass is 363 g/mol. The highest BCUT2D eigenvalue weighted by Crippen LogP contribution is 2.48. The molecule has 0 aromatic heterocycles. The Morgan fingerprint density at radius 2 is 1.85 bits per heavy atom. The fraction of sp³-hybridized carbons (Fsp3) is 0.579. The molecule has 2 amide bonds. The predicted octanol–water partition coefficient (Wildman–Crippen LogP) is 3.21. The van der Waals surface area contributed by atoms with Crippen LogP contribution in [0.5, 0.6) is 0 Å². The Kier molecular flexibility index (Phi) is 5.07. The van der Waals surface area contributed by atoms with Gasteiger partial charge in [-0.05, 0) is 64.0 Å². The van der Waals surface area contributed by atoms with Crippen LogP contribution in [0.2, 0.25) is 0 Å². The summed E-state index contributed by atoms with van der Waals surface area (Å²) in [6.07, 6.45) is 2.37. The standard InChI is InChI=1S/C19H26FN3O3/c1-19(2,3)26-18(25)21-16-12-9-8-11(10-12)15(16)17(24)23-22-14-7-5-4-6-13(14)20/h4-7,11-12,15-16,22H,8-10H2,1-3H3,(H,21,25)(H,23,24)/t11-,12-,15-,16-/m0/s1. The molecule has 3 rings (SSSR count). The quantitative estimate of drug-likeness (QED) is 0.718. The van der Waals surface area contributed by atoms with Gasteiger partial charge in [-0.2, -0.15) is 0 Å². The number of rotatable bonds is 4. The van der Waals surface area contributed by atoms with Crippen molar-refractivity contribution in [2.75, 3.05) is 5.43 Å². The SMILES string of the molecule is CC(C)(C)OC(=O)N[C@H]1[C@H]2CC[C@@H](C2)[C@@H]1C(=O)NNc1ccccc1F. The van der Waals surface area contributed by atoms with Gasteiger partial charge in [-0.1, -0.05) is 12.1 Å². The van der Waals surface area contributed by atoms with E-state index in [0.717, 1.165) is 19.3 Å². The second-order valence-electron chi connectivity index (χ2n) is 8.13. The Balaban J connectivity index is 1.63. The van der Waals surface area contributed by atoms with Crippen LogP contribution in [-0.4, -0.2) is 23.6 Å². The number of ether oxygens (including phenoxy) is 1. The lowest BCUT2D eigenvalue weighted by Gasteiger charge is -2.31. The largest absolute Gasteiger partial charge is 0.444 e. The van der Waals surface area contributed by atoms with Crippen LogP contribution in [0.15, 0.2) is 24.3 Å². The van der Waals surface area contributed by atoms with Gasteiger partial charge in [-0.15, -0.1) is 0 Å². The number of fused-ring (bicyclic) bond motifs is 2. The minimum Gasteiger partial charge on any atom is -0.444 e. The molecule has 0 spiro atoms. The van der Waals surface area contributed by atoms with Crippen LogP contribution < -0.4 is 16.2 Å². The Labute approximate surface area is 152 Å². The molecule has 2 aliphatic rings. The van der Waals surface area contributed by atoms with Crippen molar-refractivity contribution in [2.24, 2.45) is 17.8 Å². The highest BCUT2D eigenvalue weighted by Gasteiger charge is 2.51. The van der Waals surface area contributed by atoms with Crippen LogP contribution in [0.3, 0.4) is 0 Å². The highest BCUT2D eigenvalue weighted by atomic mass is 19.1. The summed E-state index contributed by atoms with van der Waals surface area (Å²) in [5.74, 6) is -0.523. The number of amides is 2. The molecule has 142 valence electrons. The van der Waals surface area contributed by atoms with E-state index in [4.69, 9.17) is 4.74 Å². The average molecular weight is 363 g/mol. The Morgan fingerprint density at radius 3 is 2.54 bits per heavy atom. The van der Waals surface area contributed by atoms with Crippen molar-refractivity contribution >= 4 is 17.7 Å². The van der Waals surface area contributed by atoms with E-state index in [1.165, 1.54) is 6.07 Å². The van der Waals surface area contributed by atoms with Gasteiger partial charge >= 0.3 is 6.09 Å². The lowest BCUT2D eigenvalue weighted by molar-refractivity contribution is -0.126. The van der Waals surface area contributed by atoms with Crippen LogP contribution in [0.25, 0.3) is 0 Å². The number of anilines is 1. The van der Waals surface area contributed by atoms with E-state index in [0.29, 0.717) is 0 Å². The summed E-state index contributed by atoms with van der Waals surface area (Å²) in [5.41, 5.74) is 4.86. The number of nitrogens with one attached hydrogen (secondary N) is 3. The number of para-hydroxylation sites is 1.